The third-order valence-corrected chi connectivity index (χ3v) is 3.31. The number of carbonyl (C=O) groups is 1. The van der Waals surface area contributed by atoms with Crippen LogP contribution in [0.1, 0.15) is 90.4 Å². The molecule has 0 aliphatic carbocycles. The van der Waals surface area contributed by atoms with Crippen molar-refractivity contribution in [2.75, 3.05) is 0 Å². The lowest BCUT2D eigenvalue weighted by atomic mass is 10.0. The van der Waals surface area contributed by atoms with Crippen molar-refractivity contribution < 1.29 is 4.79 Å². The van der Waals surface area contributed by atoms with Crippen LogP contribution in [-0.2, 0) is 4.79 Å². The molecule has 0 amide bonds. The molecule has 17 heavy (non-hydrogen) atoms. The minimum atomic E-state index is 0.0945. The summed E-state index contributed by atoms with van der Waals surface area (Å²) in [7, 11) is 0. The van der Waals surface area contributed by atoms with Gasteiger partial charge in [-0.3, -0.25) is 4.79 Å². The normalized spacial score (nSPS) is 10.7. The number of ketones is 1. The van der Waals surface area contributed by atoms with Crippen LogP contribution in [0, 0.1) is 6.92 Å². The predicted molar refractivity (Wildman–Crippen MR) is 76.1 cm³/mol. The molecule has 1 heteroatoms. The highest BCUT2D eigenvalue weighted by Crippen LogP contribution is 2.12. The van der Waals surface area contributed by atoms with Crippen LogP contribution in [0.5, 0.6) is 0 Å². The molecule has 0 unspecified atom stereocenters. The molecule has 1 radical (unpaired) electrons. The van der Waals surface area contributed by atoms with Crippen LogP contribution in [-0.4, -0.2) is 5.78 Å². The van der Waals surface area contributed by atoms with Crippen molar-refractivity contribution in [3.8, 4) is 0 Å². The van der Waals surface area contributed by atoms with Crippen molar-refractivity contribution in [3.05, 3.63) is 6.92 Å². The minimum Gasteiger partial charge on any atom is -0.300 e. The first-order valence-corrected chi connectivity index (χ1v) is 7.62. The summed E-state index contributed by atoms with van der Waals surface area (Å²) in [5.74, 6) is 0.0945. The molecule has 0 spiro atoms. The Labute approximate surface area is 108 Å². The number of carbonyl (C=O) groups excluding carboxylic acids is 1. The van der Waals surface area contributed by atoms with Gasteiger partial charge in [0.15, 0.2) is 0 Å². The van der Waals surface area contributed by atoms with Gasteiger partial charge in [0.05, 0.1) is 0 Å². The maximum Gasteiger partial charge on any atom is 0.133 e. The van der Waals surface area contributed by atoms with E-state index < -0.39 is 0 Å². The van der Waals surface area contributed by atoms with E-state index in [-0.39, 0.29) is 5.78 Å². The molecular formula is C16H31O. The van der Waals surface area contributed by atoms with Crippen LogP contribution >= 0.6 is 0 Å². The van der Waals surface area contributed by atoms with Gasteiger partial charge in [0.2, 0.25) is 0 Å². The molecule has 0 aromatic rings. The zero-order chi connectivity index (χ0) is 12.8. The van der Waals surface area contributed by atoms with Crippen molar-refractivity contribution in [2.24, 2.45) is 0 Å². The summed E-state index contributed by atoms with van der Waals surface area (Å²) in [4.78, 5) is 10.6. The molecule has 0 N–H and O–H groups in total. The molecule has 0 saturated carbocycles. The standard InChI is InChI=1S/C16H31O/c1-3-4-5-6-7-8-9-10-11-12-13-14-15-16(2)17/h2-15H2,1H3. The average Bonchev–Trinajstić information content (AvgIpc) is 2.30. The highest BCUT2D eigenvalue weighted by molar-refractivity contribution is 5.82. The molecule has 0 atom stereocenters. The van der Waals surface area contributed by atoms with Gasteiger partial charge < -0.3 is 0 Å². The lowest BCUT2D eigenvalue weighted by Gasteiger charge is -2.02. The van der Waals surface area contributed by atoms with Crippen LogP contribution < -0.4 is 0 Å². The molecule has 0 aromatic carbocycles. The van der Waals surface area contributed by atoms with Gasteiger partial charge in [-0.15, -0.1) is 0 Å². The Bertz CT molecular complexity index is 163. The lowest BCUT2D eigenvalue weighted by Crippen LogP contribution is -1.89. The Morgan fingerprint density at radius 3 is 1.41 bits per heavy atom. The molecule has 0 saturated heterocycles. The van der Waals surface area contributed by atoms with E-state index in [2.05, 4.69) is 13.8 Å². The second-order valence-electron chi connectivity index (χ2n) is 5.18. The fourth-order valence-corrected chi connectivity index (χ4v) is 2.16. The van der Waals surface area contributed by atoms with Gasteiger partial charge in [-0.2, -0.15) is 0 Å². The molecule has 0 aliphatic heterocycles. The van der Waals surface area contributed by atoms with Gasteiger partial charge >= 0.3 is 0 Å². The topological polar surface area (TPSA) is 17.1 Å². The molecule has 1 nitrogen and oxygen atoms in total. The molecule has 0 fully saturated rings. The number of unbranched alkanes of at least 4 members (excludes halogenated alkanes) is 11. The monoisotopic (exact) mass is 239 g/mol. The van der Waals surface area contributed by atoms with E-state index in [0.29, 0.717) is 6.42 Å². The molecule has 101 valence electrons. The first-order chi connectivity index (χ1) is 8.27. The van der Waals surface area contributed by atoms with Gasteiger partial charge in [0.1, 0.15) is 5.78 Å². The SMILES string of the molecule is [CH2]C(=O)CCCCCCCCCCCCCC. The summed E-state index contributed by atoms with van der Waals surface area (Å²) in [6.45, 7) is 5.65. The fraction of sp³-hybridized carbons (Fsp3) is 0.875. The van der Waals surface area contributed by atoms with Gasteiger partial charge in [0, 0.05) is 13.3 Å². The van der Waals surface area contributed by atoms with Crippen molar-refractivity contribution in [1.82, 2.24) is 0 Å². The van der Waals surface area contributed by atoms with Gasteiger partial charge in [-0.25, -0.2) is 0 Å². The van der Waals surface area contributed by atoms with Crippen molar-refractivity contribution >= 4 is 5.78 Å². The van der Waals surface area contributed by atoms with E-state index in [4.69, 9.17) is 0 Å². The third kappa shape index (κ3) is 15.7. The zero-order valence-corrected chi connectivity index (χ0v) is 11.8. The summed E-state index contributed by atoms with van der Waals surface area (Å²) in [6, 6.07) is 0. The number of rotatable bonds is 13. The van der Waals surface area contributed by atoms with Gasteiger partial charge in [0.25, 0.3) is 0 Å². The van der Waals surface area contributed by atoms with E-state index in [1.807, 2.05) is 0 Å². The molecule has 0 heterocycles. The smallest absolute Gasteiger partial charge is 0.133 e. The Kier molecular flexibility index (Phi) is 13.5. The molecular weight excluding hydrogens is 208 g/mol. The maximum atomic E-state index is 10.6. The van der Waals surface area contributed by atoms with Crippen molar-refractivity contribution in [2.45, 2.75) is 90.4 Å². The van der Waals surface area contributed by atoms with E-state index in [0.717, 1.165) is 6.42 Å². The first-order valence-electron chi connectivity index (χ1n) is 7.62. The fourth-order valence-electron chi connectivity index (χ4n) is 2.16. The lowest BCUT2D eigenvalue weighted by molar-refractivity contribution is -0.114. The average molecular weight is 239 g/mol. The Morgan fingerprint density at radius 1 is 0.706 bits per heavy atom. The Balaban J connectivity index is 2.91. The number of hydrogen-bond acceptors (Lipinski definition) is 1. The second kappa shape index (κ2) is 13.7. The summed E-state index contributed by atoms with van der Waals surface area (Å²) in [6.07, 6.45) is 16.8. The molecule has 0 aromatic heterocycles. The van der Waals surface area contributed by atoms with Crippen LogP contribution in [0.25, 0.3) is 0 Å². The van der Waals surface area contributed by atoms with E-state index >= 15 is 0 Å². The summed E-state index contributed by atoms with van der Waals surface area (Å²) in [5, 5.41) is 0. The third-order valence-electron chi connectivity index (χ3n) is 3.31. The summed E-state index contributed by atoms with van der Waals surface area (Å²) >= 11 is 0. The zero-order valence-electron chi connectivity index (χ0n) is 11.8. The van der Waals surface area contributed by atoms with Crippen LogP contribution in [0.3, 0.4) is 0 Å². The number of hydrogen-bond donors (Lipinski definition) is 0. The van der Waals surface area contributed by atoms with Crippen LogP contribution in [0.2, 0.25) is 0 Å². The van der Waals surface area contributed by atoms with E-state index in [1.54, 1.807) is 0 Å². The maximum absolute atomic E-state index is 10.6. The Hall–Kier alpha value is -0.330. The molecule has 0 rings (SSSR count). The largest absolute Gasteiger partial charge is 0.300 e. The highest BCUT2D eigenvalue weighted by atomic mass is 16.1. The van der Waals surface area contributed by atoms with Crippen LogP contribution in [0.15, 0.2) is 0 Å². The van der Waals surface area contributed by atoms with E-state index in [1.165, 1.54) is 70.6 Å². The predicted octanol–water partition coefficient (Wildman–Crippen LogP) is 5.48. The first kappa shape index (κ1) is 16.7. The minimum absolute atomic E-state index is 0.0945. The highest BCUT2D eigenvalue weighted by Gasteiger charge is 1.95. The second-order valence-corrected chi connectivity index (χ2v) is 5.18. The summed E-state index contributed by atoms with van der Waals surface area (Å²) in [5.41, 5.74) is 0. The summed E-state index contributed by atoms with van der Waals surface area (Å²) < 4.78 is 0. The van der Waals surface area contributed by atoms with Gasteiger partial charge in [-0.05, 0) is 6.42 Å². The quantitative estimate of drug-likeness (QED) is 0.389. The van der Waals surface area contributed by atoms with E-state index in [9.17, 15) is 4.79 Å². The molecule has 0 aliphatic rings. The van der Waals surface area contributed by atoms with Crippen molar-refractivity contribution in [1.29, 1.82) is 0 Å². The number of Topliss-reactive ketones (excluding diaryl/α,β-unsaturated/α-hetero) is 1. The Morgan fingerprint density at radius 2 is 1.06 bits per heavy atom. The van der Waals surface area contributed by atoms with Crippen LogP contribution in [0.4, 0.5) is 0 Å². The molecule has 0 bridgehead atoms. The van der Waals surface area contributed by atoms with Crippen molar-refractivity contribution in [3.63, 3.8) is 0 Å². The van der Waals surface area contributed by atoms with Gasteiger partial charge in [-0.1, -0.05) is 77.6 Å².